The van der Waals surface area contributed by atoms with E-state index in [1.807, 2.05) is 6.92 Å². The SMILES string of the molecule is CC(C)C(C)(O)C1(CN)CCC1. The Kier molecular flexibility index (Phi) is 2.50. The van der Waals surface area contributed by atoms with Crippen molar-refractivity contribution >= 4 is 0 Å². The van der Waals surface area contributed by atoms with Crippen molar-refractivity contribution in [2.75, 3.05) is 6.54 Å². The van der Waals surface area contributed by atoms with E-state index in [1.165, 1.54) is 6.42 Å². The Morgan fingerprint density at radius 3 is 2.08 bits per heavy atom. The van der Waals surface area contributed by atoms with Crippen molar-refractivity contribution in [3.05, 3.63) is 0 Å². The standard InChI is InChI=1S/C10H21NO/c1-8(2)9(3,12)10(7-11)5-4-6-10/h8,12H,4-7,11H2,1-3H3. The van der Waals surface area contributed by atoms with Gasteiger partial charge in [-0.25, -0.2) is 0 Å². The van der Waals surface area contributed by atoms with E-state index in [1.54, 1.807) is 0 Å². The van der Waals surface area contributed by atoms with Gasteiger partial charge in [0.2, 0.25) is 0 Å². The van der Waals surface area contributed by atoms with Crippen molar-refractivity contribution in [3.63, 3.8) is 0 Å². The maximum atomic E-state index is 10.3. The third-order valence-corrected chi connectivity index (χ3v) is 3.90. The average molecular weight is 171 g/mol. The highest BCUT2D eigenvalue weighted by molar-refractivity contribution is 5.03. The molecule has 2 nitrogen and oxygen atoms in total. The van der Waals surface area contributed by atoms with Crippen molar-refractivity contribution in [2.24, 2.45) is 17.1 Å². The summed E-state index contributed by atoms with van der Waals surface area (Å²) in [6.45, 7) is 6.69. The molecule has 3 N–H and O–H groups in total. The van der Waals surface area contributed by atoms with Gasteiger partial charge in [0, 0.05) is 12.0 Å². The van der Waals surface area contributed by atoms with Gasteiger partial charge in [0.05, 0.1) is 5.60 Å². The van der Waals surface area contributed by atoms with Crippen LogP contribution in [0.1, 0.15) is 40.0 Å². The molecule has 1 atom stereocenters. The Hall–Kier alpha value is -0.0800. The minimum atomic E-state index is -0.583. The third kappa shape index (κ3) is 1.17. The average Bonchev–Trinajstić information content (AvgIpc) is 1.85. The van der Waals surface area contributed by atoms with Gasteiger partial charge in [-0.15, -0.1) is 0 Å². The van der Waals surface area contributed by atoms with Gasteiger partial charge in [0.25, 0.3) is 0 Å². The van der Waals surface area contributed by atoms with Crippen molar-refractivity contribution in [2.45, 2.75) is 45.6 Å². The monoisotopic (exact) mass is 171 g/mol. The Morgan fingerprint density at radius 1 is 1.50 bits per heavy atom. The molecule has 0 heterocycles. The predicted molar refractivity (Wildman–Crippen MR) is 50.8 cm³/mol. The summed E-state index contributed by atoms with van der Waals surface area (Å²) in [5.74, 6) is 0.293. The zero-order chi connectivity index (χ0) is 9.41. The van der Waals surface area contributed by atoms with Gasteiger partial charge >= 0.3 is 0 Å². The molecule has 0 aromatic carbocycles. The van der Waals surface area contributed by atoms with Crippen LogP contribution < -0.4 is 5.73 Å². The second-order valence-corrected chi connectivity index (χ2v) is 4.64. The smallest absolute Gasteiger partial charge is 0.0710 e. The molecule has 0 bridgehead atoms. The summed E-state index contributed by atoms with van der Waals surface area (Å²) in [6, 6.07) is 0. The normalized spacial score (nSPS) is 26.5. The van der Waals surface area contributed by atoms with E-state index in [2.05, 4.69) is 13.8 Å². The molecule has 0 amide bonds. The second kappa shape index (κ2) is 3.00. The Morgan fingerprint density at radius 2 is 2.00 bits per heavy atom. The molecule has 0 saturated heterocycles. The second-order valence-electron chi connectivity index (χ2n) is 4.64. The van der Waals surface area contributed by atoms with Gasteiger partial charge in [0.15, 0.2) is 0 Å². The summed E-state index contributed by atoms with van der Waals surface area (Å²) >= 11 is 0. The Labute approximate surface area is 75.2 Å². The number of rotatable bonds is 3. The van der Waals surface area contributed by atoms with Gasteiger partial charge in [-0.1, -0.05) is 20.3 Å². The summed E-state index contributed by atoms with van der Waals surface area (Å²) in [4.78, 5) is 0. The summed E-state index contributed by atoms with van der Waals surface area (Å²) in [6.07, 6.45) is 3.41. The summed E-state index contributed by atoms with van der Waals surface area (Å²) in [7, 11) is 0. The van der Waals surface area contributed by atoms with Gasteiger partial charge in [-0.3, -0.25) is 0 Å². The van der Waals surface area contributed by atoms with Gasteiger partial charge in [-0.2, -0.15) is 0 Å². The van der Waals surface area contributed by atoms with Crippen LogP contribution in [0.5, 0.6) is 0 Å². The summed E-state index contributed by atoms with van der Waals surface area (Å²) in [5.41, 5.74) is 5.16. The highest BCUT2D eigenvalue weighted by atomic mass is 16.3. The Balaban J connectivity index is 2.77. The molecule has 72 valence electrons. The zero-order valence-electron chi connectivity index (χ0n) is 8.43. The van der Waals surface area contributed by atoms with E-state index < -0.39 is 5.60 Å². The molecule has 1 aliphatic carbocycles. The van der Waals surface area contributed by atoms with Gasteiger partial charge in [-0.05, 0) is 25.7 Å². The van der Waals surface area contributed by atoms with Gasteiger partial charge in [0.1, 0.15) is 0 Å². The van der Waals surface area contributed by atoms with Crippen LogP contribution in [0.25, 0.3) is 0 Å². The molecule has 1 unspecified atom stereocenters. The maximum absolute atomic E-state index is 10.3. The lowest BCUT2D eigenvalue weighted by atomic mass is 9.56. The van der Waals surface area contributed by atoms with Crippen LogP contribution >= 0.6 is 0 Å². The van der Waals surface area contributed by atoms with Crippen molar-refractivity contribution < 1.29 is 5.11 Å². The lowest BCUT2D eigenvalue weighted by Gasteiger charge is -2.53. The zero-order valence-corrected chi connectivity index (χ0v) is 8.43. The van der Waals surface area contributed by atoms with Gasteiger partial charge < -0.3 is 10.8 Å². The third-order valence-electron chi connectivity index (χ3n) is 3.90. The molecule has 2 heteroatoms. The summed E-state index contributed by atoms with van der Waals surface area (Å²) in [5, 5.41) is 10.3. The maximum Gasteiger partial charge on any atom is 0.0710 e. The van der Waals surface area contributed by atoms with E-state index in [-0.39, 0.29) is 5.41 Å². The molecule has 0 radical (unpaired) electrons. The molecule has 1 aliphatic rings. The summed E-state index contributed by atoms with van der Waals surface area (Å²) < 4.78 is 0. The highest BCUT2D eigenvalue weighted by Gasteiger charge is 2.51. The largest absolute Gasteiger partial charge is 0.389 e. The van der Waals surface area contributed by atoms with Crippen LogP contribution in [0.4, 0.5) is 0 Å². The molecule has 1 fully saturated rings. The van der Waals surface area contributed by atoms with Crippen LogP contribution in [0.15, 0.2) is 0 Å². The molecule has 0 spiro atoms. The minimum Gasteiger partial charge on any atom is -0.389 e. The fourth-order valence-corrected chi connectivity index (χ4v) is 2.13. The van der Waals surface area contributed by atoms with Crippen LogP contribution in [-0.4, -0.2) is 17.3 Å². The van der Waals surface area contributed by atoms with E-state index >= 15 is 0 Å². The number of nitrogens with two attached hydrogens (primary N) is 1. The first-order valence-corrected chi connectivity index (χ1v) is 4.89. The number of hydrogen-bond donors (Lipinski definition) is 2. The van der Waals surface area contributed by atoms with Crippen molar-refractivity contribution in [1.29, 1.82) is 0 Å². The quantitative estimate of drug-likeness (QED) is 0.676. The molecular formula is C10H21NO. The molecule has 12 heavy (non-hydrogen) atoms. The number of aliphatic hydroxyl groups is 1. The topological polar surface area (TPSA) is 46.2 Å². The lowest BCUT2D eigenvalue weighted by molar-refractivity contribution is -0.138. The van der Waals surface area contributed by atoms with E-state index in [9.17, 15) is 5.11 Å². The van der Waals surface area contributed by atoms with Crippen LogP contribution in [0.2, 0.25) is 0 Å². The molecule has 1 saturated carbocycles. The lowest BCUT2D eigenvalue weighted by Crippen LogP contribution is -2.57. The molecular weight excluding hydrogens is 150 g/mol. The Bertz CT molecular complexity index is 154. The predicted octanol–water partition coefficient (Wildman–Crippen LogP) is 1.52. The molecule has 0 aromatic heterocycles. The van der Waals surface area contributed by atoms with Crippen molar-refractivity contribution in [3.8, 4) is 0 Å². The van der Waals surface area contributed by atoms with E-state index in [0.717, 1.165) is 12.8 Å². The highest BCUT2D eigenvalue weighted by Crippen LogP contribution is 2.51. The van der Waals surface area contributed by atoms with Crippen molar-refractivity contribution in [1.82, 2.24) is 0 Å². The molecule has 0 aromatic rings. The van der Waals surface area contributed by atoms with Crippen LogP contribution in [0, 0.1) is 11.3 Å². The first-order chi connectivity index (χ1) is 5.46. The number of hydrogen-bond acceptors (Lipinski definition) is 2. The minimum absolute atomic E-state index is 0.0150. The fraction of sp³-hybridized carbons (Fsp3) is 1.00. The first kappa shape index (κ1) is 10.0. The molecule has 1 rings (SSSR count). The first-order valence-electron chi connectivity index (χ1n) is 4.89. The van der Waals surface area contributed by atoms with E-state index in [4.69, 9.17) is 5.73 Å². The van der Waals surface area contributed by atoms with Crippen LogP contribution in [-0.2, 0) is 0 Å². The van der Waals surface area contributed by atoms with E-state index in [0.29, 0.717) is 12.5 Å². The van der Waals surface area contributed by atoms with Crippen LogP contribution in [0.3, 0.4) is 0 Å². The molecule has 0 aliphatic heterocycles. The fourth-order valence-electron chi connectivity index (χ4n) is 2.13.